The fraction of sp³-hybridized carbons (Fsp3) is 0.340. The Morgan fingerprint density at radius 1 is 0.886 bits per heavy atom. The third kappa shape index (κ3) is 12.1. The van der Waals surface area contributed by atoms with Gasteiger partial charge in [-0.05, 0) is 66.0 Å². The van der Waals surface area contributed by atoms with E-state index in [-0.39, 0.29) is 22.4 Å². The SMILES string of the molecule is CC(C)(C)OC(=O)NCCSCc1cnccc1SC1=C(C(=O)OCOC(=O)C(C)(C)C)N2C(=O)[C@@H](NC(=O)C(=NOC(c3ccccc3)(c3ccccc3)c3ccccc3)c3nsc(N)n3)[C@H]2CC1. The first kappa shape index (κ1) is 51.1. The van der Waals surface area contributed by atoms with E-state index in [1.807, 2.05) is 97.1 Å². The van der Waals surface area contributed by atoms with Crippen LogP contribution in [0.25, 0.3) is 0 Å². The molecule has 2 aliphatic heterocycles. The molecule has 2 aromatic heterocycles. The number of benzene rings is 3. The number of nitrogens with two attached hydrogens (primary N) is 1. The van der Waals surface area contributed by atoms with Crippen LogP contribution in [0.1, 0.15) is 82.5 Å². The lowest BCUT2D eigenvalue weighted by molar-refractivity contribution is -0.174. The molecule has 3 aromatic carbocycles. The Bertz CT molecular complexity index is 2650. The van der Waals surface area contributed by atoms with E-state index in [1.54, 1.807) is 65.7 Å². The molecule has 366 valence electrons. The number of pyridine rings is 1. The molecule has 0 radical (unpaired) electrons. The molecular formula is C50H54N8O9S3. The molecule has 2 atom stereocenters. The maximum atomic E-state index is 14.6. The predicted octanol–water partition coefficient (Wildman–Crippen LogP) is 7.57. The number of alkyl carbamates (subject to hydrolysis) is 1. The molecule has 1 saturated heterocycles. The lowest BCUT2D eigenvalue weighted by atomic mass is 9.80. The Labute approximate surface area is 418 Å². The van der Waals surface area contributed by atoms with Crippen LogP contribution in [-0.2, 0) is 49.6 Å². The number of hydrogen-bond acceptors (Lipinski definition) is 17. The van der Waals surface area contributed by atoms with Gasteiger partial charge < -0.3 is 35.4 Å². The number of carbonyl (C=O) groups is 5. The quantitative estimate of drug-likeness (QED) is 0.0146. The summed E-state index contributed by atoms with van der Waals surface area (Å²) in [4.78, 5) is 85.7. The fourth-order valence-corrected chi connectivity index (χ4v) is 10.0. The summed E-state index contributed by atoms with van der Waals surface area (Å²) in [5.41, 5.74) is 5.82. The predicted molar refractivity (Wildman–Crippen MR) is 267 cm³/mol. The fourth-order valence-electron chi connectivity index (χ4n) is 7.53. The van der Waals surface area contributed by atoms with E-state index in [2.05, 4.69) is 30.1 Å². The Morgan fingerprint density at radius 3 is 2.09 bits per heavy atom. The number of oxime groups is 1. The maximum absolute atomic E-state index is 14.6. The van der Waals surface area contributed by atoms with Gasteiger partial charge in [0.15, 0.2) is 5.13 Å². The number of β-lactam (4-membered cyclic amide) rings is 1. The summed E-state index contributed by atoms with van der Waals surface area (Å²) in [5.74, 6) is -1.88. The van der Waals surface area contributed by atoms with Crippen LogP contribution in [0.15, 0.2) is 130 Å². The molecule has 17 nitrogen and oxygen atoms in total. The zero-order chi connectivity index (χ0) is 50.1. The van der Waals surface area contributed by atoms with E-state index in [4.69, 9.17) is 24.8 Å². The van der Waals surface area contributed by atoms with Gasteiger partial charge in [-0.1, -0.05) is 108 Å². The Kier molecular flexibility index (Phi) is 16.3. The van der Waals surface area contributed by atoms with Crippen molar-refractivity contribution in [2.45, 2.75) is 88.3 Å². The van der Waals surface area contributed by atoms with Crippen LogP contribution in [0.4, 0.5) is 9.93 Å². The third-order valence-corrected chi connectivity index (χ3v) is 13.6. The highest BCUT2D eigenvalue weighted by molar-refractivity contribution is 8.03. The number of hydrogen-bond donors (Lipinski definition) is 3. The van der Waals surface area contributed by atoms with E-state index in [1.165, 1.54) is 16.7 Å². The Hall–Kier alpha value is -6.77. The number of thioether (sulfide) groups is 2. The molecule has 70 heavy (non-hydrogen) atoms. The summed E-state index contributed by atoms with van der Waals surface area (Å²) in [6.45, 7) is 10.1. The van der Waals surface area contributed by atoms with Gasteiger partial charge in [-0.2, -0.15) is 21.1 Å². The number of ether oxygens (including phenoxy) is 3. The van der Waals surface area contributed by atoms with Gasteiger partial charge in [-0.15, -0.1) is 0 Å². The summed E-state index contributed by atoms with van der Waals surface area (Å²) in [6, 6.07) is 28.4. The molecule has 0 saturated carbocycles. The molecule has 0 spiro atoms. The number of fused-ring (bicyclic) bond motifs is 1. The number of amides is 3. The minimum Gasteiger partial charge on any atom is -0.444 e. The smallest absolute Gasteiger partial charge is 0.407 e. The maximum Gasteiger partial charge on any atom is 0.407 e. The number of anilines is 1. The van der Waals surface area contributed by atoms with Crippen LogP contribution in [0.3, 0.4) is 0 Å². The molecule has 2 aliphatic rings. The van der Waals surface area contributed by atoms with Crippen LogP contribution in [0.5, 0.6) is 0 Å². The number of nitrogens with one attached hydrogen (secondary N) is 2. The van der Waals surface area contributed by atoms with Crippen molar-refractivity contribution in [1.82, 2.24) is 29.9 Å². The minimum absolute atomic E-state index is 0.0370. The molecular weight excluding hydrogens is 953 g/mol. The first-order chi connectivity index (χ1) is 33.5. The number of nitrogens with zero attached hydrogens (tertiary/aromatic N) is 5. The van der Waals surface area contributed by atoms with E-state index in [0.29, 0.717) is 52.5 Å². The number of aromatic nitrogens is 3. The van der Waals surface area contributed by atoms with Crippen molar-refractivity contribution in [3.8, 4) is 0 Å². The minimum atomic E-state index is -1.37. The highest BCUT2D eigenvalue weighted by atomic mass is 32.2. The van der Waals surface area contributed by atoms with Crippen LogP contribution in [-0.4, -0.2) is 91.6 Å². The van der Waals surface area contributed by atoms with Gasteiger partial charge >= 0.3 is 18.0 Å². The molecule has 3 amide bonds. The van der Waals surface area contributed by atoms with Gasteiger partial charge in [0, 0.05) is 68.5 Å². The second kappa shape index (κ2) is 22.3. The number of esters is 2. The zero-order valence-electron chi connectivity index (χ0n) is 39.5. The normalized spacial score (nSPS) is 16.1. The zero-order valence-corrected chi connectivity index (χ0v) is 42.0. The summed E-state index contributed by atoms with van der Waals surface area (Å²) in [6.07, 6.45) is 3.53. The molecule has 4 N–H and O–H groups in total. The van der Waals surface area contributed by atoms with E-state index in [0.717, 1.165) is 22.0 Å². The number of carbonyl (C=O) groups excluding carboxylic acids is 5. The van der Waals surface area contributed by atoms with Gasteiger partial charge in [0.05, 0.1) is 11.5 Å². The highest BCUT2D eigenvalue weighted by Crippen LogP contribution is 2.45. The van der Waals surface area contributed by atoms with Gasteiger partial charge in [-0.3, -0.25) is 24.3 Å². The van der Waals surface area contributed by atoms with Crippen molar-refractivity contribution in [2.75, 3.05) is 24.8 Å². The topological polar surface area (TPSA) is 227 Å². The van der Waals surface area contributed by atoms with E-state index in [9.17, 15) is 24.0 Å². The molecule has 1 fully saturated rings. The Balaban J connectivity index is 1.15. The van der Waals surface area contributed by atoms with Crippen molar-refractivity contribution < 1.29 is 43.0 Å². The van der Waals surface area contributed by atoms with Crippen molar-refractivity contribution in [3.63, 3.8) is 0 Å². The molecule has 0 unspecified atom stereocenters. The van der Waals surface area contributed by atoms with Crippen LogP contribution >= 0.6 is 35.1 Å². The van der Waals surface area contributed by atoms with Crippen LogP contribution < -0.4 is 16.4 Å². The van der Waals surface area contributed by atoms with Crippen molar-refractivity contribution >= 4 is 75.7 Å². The molecule has 20 heteroatoms. The van der Waals surface area contributed by atoms with Gasteiger partial charge in [0.25, 0.3) is 11.8 Å². The lowest BCUT2D eigenvalue weighted by Crippen LogP contribution is -2.72. The van der Waals surface area contributed by atoms with Crippen LogP contribution in [0.2, 0.25) is 0 Å². The molecule has 0 aliphatic carbocycles. The summed E-state index contributed by atoms with van der Waals surface area (Å²) in [7, 11) is 0. The second-order valence-corrected chi connectivity index (χ2v) is 21.1. The van der Waals surface area contributed by atoms with Gasteiger partial charge in [0.2, 0.25) is 23.9 Å². The summed E-state index contributed by atoms with van der Waals surface area (Å²) >= 11 is 3.73. The molecule has 7 rings (SSSR count). The largest absolute Gasteiger partial charge is 0.444 e. The average molecular weight is 1010 g/mol. The highest BCUT2D eigenvalue weighted by Gasteiger charge is 2.54. The summed E-state index contributed by atoms with van der Waals surface area (Å²) in [5, 5.41) is 10.2. The van der Waals surface area contributed by atoms with Crippen molar-refractivity contribution in [3.05, 3.63) is 148 Å². The third-order valence-electron chi connectivity index (χ3n) is 10.8. The summed E-state index contributed by atoms with van der Waals surface area (Å²) < 4.78 is 20.4. The molecule has 0 bridgehead atoms. The van der Waals surface area contributed by atoms with Crippen LogP contribution in [0, 0.1) is 5.41 Å². The van der Waals surface area contributed by atoms with E-state index >= 15 is 0 Å². The average Bonchev–Trinajstić information content (AvgIpc) is 3.77. The van der Waals surface area contributed by atoms with E-state index < -0.39 is 65.3 Å². The standard InChI is InChI=1S/C50H54N8O9S3/c1-48(2,3)45(62)65-30-64-44(61)40-37(69-36-24-25-52-28-31(36)29-68-27-26-53-47(63)66-49(4,5)6)23-22-35-38(43(60)58(35)40)54-42(59)39(41-55-46(51)70-57-41)56-67-50(32-16-10-7-11-17-32,33-18-12-8-13-19-33)34-20-14-9-15-21-34/h7-21,24-25,28,35,38H,22-23,26-27,29-30H2,1-6H3,(H,53,63)(H,54,59)(H2,51,55,57)/t35-,38+/m1/s1. The number of allylic oxidation sites excluding steroid dienone is 1. The molecule has 4 heterocycles. The number of nitrogen functional groups attached to an aromatic ring is 1. The van der Waals surface area contributed by atoms with Crippen molar-refractivity contribution in [2.24, 2.45) is 10.6 Å². The second-order valence-electron chi connectivity index (χ2n) is 18.1. The first-order valence-electron chi connectivity index (χ1n) is 22.4. The first-order valence-corrected chi connectivity index (χ1v) is 25.1. The van der Waals surface area contributed by atoms with Crippen molar-refractivity contribution in [1.29, 1.82) is 0 Å². The van der Waals surface area contributed by atoms with Gasteiger partial charge in [-0.25, -0.2) is 9.59 Å². The van der Waals surface area contributed by atoms with Gasteiger partial charge in [0.1, 0.15) is 17.3 Å². The Morgan fingerprint density at radius 2 is 1.51 bits per heavy atom. The monoisotopic (exact) mass is 1010 g/mol. The molecule has 5 aromatic rings. The number of rotatable bonds is 18. The lowest BCUT2D eigenvalue weighted by Gasteiger charge is -2.50.